The van der Waals surface area contributed by atoms with Gasteiger partial charge in [0.05, 0.1) is 19.3 Å². The molecule has 0 aromatic heterocycles. The second-order valence-corrected chi connectivity index (χ2v) is 3.13. The van der Waals surface area contributed by atoms with Crippen molar-refractivity contribution in [1.82, 2.24) is 5.32 Å². The maximum absolute atomic E-state index is 9.45. The lowest BCUT2D eigenvalue weighted by molar-refractivity contribution is 0.115. The minimum atomic E-state index is -0.282. The Kier molecular flexibility index (Phi) is 1.94. The Labute approximate surface area is 66.1 Å². The number of hydrogen-bond donors (Lipinski definition) is 2. The van der Waals surface area contributed by atoms with E-state index in [1.165, 1.54) is 0 Å². The zero-order valence-corrected chi connectivity index (χ0v) is 6.36. The molecule has 1 fully saturated rings. The first-order valence-corrected chi connectivity index (χ1v) is 4.04. The molecule has 0 spiro atoms. The van der Waals surface area contributed by atoms with Crippen LogP contribution in [0, 0.1) is 5.92 Å². The van der Waals surface area contributed by atoms with Gasteiger partial charge in [0, 0.05) is 18.5 Å². The molecule has 11 heavy (non-hydrogen) atoms. The average Bonchev–Trinajstić information content (AvgIpc) is 2.55. The van der Waals surface area contributed by atoms with Crippen molar-refractivity contribution in [3.8, 4) is 0 Å². The quantitative estimate of drug-likeness (QED) is 0.503. The molecule has 0 bridgehead atoms. The summed E-state index contributed by atoms with van der Waals surface area (Å²) < 4.78 is 5.16. The van der Waals surface area contributed by atoms with Crippen LogP contribution >= 0.6 is 0 Å². The third kappa shape index (κ3) is 1.31. The van der Waals surface area contributed by atoms with E-state index in [-0.39, 0.29) is 12.0 Å². The number of hydrogen-bond acceptors (Lipinski definition) is 3. The van der Waals surface area contributed by atoms with Gasteiger partial charge in [-0.1, -0.05) is 12.2 Å². The van der Waals surface area contributed by atoms with Gasteiger partial charge >= 0.3 is 0 Å². The number of aliphatic hydroxyl groups is 1. The van der Waals surface area contributed by atoms with Gasteiger partial charge in [0.1, 0.15) is 0 Å². The highest BCUT2D eigenvalue weighted by Gasteiger charge is 2.32. The van der Waals surface area contributed by atoms with E-state index in [0.717, 1.165) is 6.54 Å². The van der Waals surface area contributed by atoms with Crippen LogP contribution in [0.2, 0.25) is 0 Å². The summed E-state index contributed by atoms with van der Waals surface area (Å²) in [7, 11) is 0. The van der Waals surface area contributed by atoms with E-state index >= 15 is 0 Å². The van der Waals surface area contributed by atoms with Crippen LogP contribution in [0.3, 0.4) is 0 Å². The van der Waals surface area contributed by atoms with Crippen molar-refractivity contribution in [3.05, 3.63) is 12.2 Å². The maximum Gasteiger partial charge on any atom is 0.0841 e. The summed E-state index contributed by atoms with van der Waals surface area (Å²) >= 11 is 0. The summed E-state index contributed by atoms with van der Waals surface area (Å²) in [6, 6.07) is 0.326. The van der Waals surface area contributed by atoms with E-state index < -0.39 is 0 Å². The Morgan fingerprint density at radius 3 is 2.91 bits per heavy atom. The van der Waals surface area contributed by atoms with Crippen molar-refractivity contribution >= 4 is 0 Å². The fraction of sp³-hybridized carbons (Fsp3) is 0.750. The van der Waals surface area contributed by atoms with Crippen LogP contribution in [-0.2, 0) is 4.74 Å². The van der Waals surface area contributed by atoms with Crippen molar-refractivity contribution < 1.29 is 9.84 Å². The first-order valence-electron chi connectivity index (χ1n) is 4.04. The maximum atomic E-state index is 9.45. The molecule has 62 valence electrons. The Balaban J connectivity index is 1.97. The van der Waals surface area contributed by atoms with Crippen LogP contribution in [0.5, 0.6) is 0 Å². The molecule has 3 unspecified atom stereocenters. The van der Waals surface area contributed by atoms with Crippen molar-refractivity contribution in [3.63, 3.8) is 0 Å². The van der Waals surface area contributed by atoms with Crippen molar-refractivity contribution in [2.24, 2.45) is 5.92 Å². The number of rotatable bonds is 1. The number of ether oxygens (including phenoxy) is 1. The summed E-state index contributed by atoms with van der Waals surface area (Å²) in [6.45, 7) is 2.10. The van der Waals surface area contributed by atoms with Crippen LogP contribution in [0.15, 0.2) is 12.2 Å². The van der Waals surface area contributed by atoms with Crippen LogP contribution in [0.1, 0.15) is 0 Å². The smallest absolute Gasteiger partial charge is 0.0841 e. The topological polar surface area (TPSA) is 41.5 Å². The molecule has 0 amide bonds. The average molecular weight is 155 g/mol. The summed E-state index contributed by atoms with van der Waals surface area (Å²) in [5.41, 5.74) is 0. The predicted molar refractivity (Wildman–Crippen MR) is 41.2 cm³/mol. The van der Waals surface area contributed by atoms with E-state index in [9.17, 15) is 5.11 Å². The van der Waals surface area contributed by atoms with Gasteiger partial charge in [-0.05, 0) is 0 Å². The molecule has 0 aromatic rings. The molecule has 3 heteroatoms. The molecule has 1 saturated heterocycles. The molecule has 0 saturated carbocycles. The highest BCUT2D eigenvalue weighted by atomic mass is 16.5. The standard InChI is InChI=1S/C8H13NO2/c10-8-5-11-4-6(8)7-2-1-3-9-7/h1-2,6-10H,3-5H2. The first kappa shape index (κ1) is 7.28. The van der Waals surface area contributed by atoms with Crippen molar-refractivity contribution in [2.75, 3.05) is 19.8 Å². The Hall–Kier alpha value is -0.380. The number of nitrogens with one attached hydrogen (secondary N) is 1. The Morgan fingerprint density at radius 1 is 1.45 bits per heavy atom. The lowest BCUT2D eigenvalue weighted by Gasteiger charge is -2.18. The molecule has 0 aliphatic carbocycles. The van der Waals surface area contributed by atoms with Crippen molar-refractivity contribution in [2.45, 2.75) is 12.1 Å². The van der Waals surface area contributed by atoms with E-state index in [0.29, 0.717) is 19.3 Å². The molecule has 2 rings (SSSR count). The molecule has 3 atom stereocenters. The predicted octanol–water partition coefficient (Wildman–Crippen LogP) is -0.478. The summed E-state index contributed by atoms with van der Waals surface area (Å²) in [5.74, 6) is 0.258. The summed E-state index contributed by atoms with van der Waals surface area (Å²) in [4.78, 5) is 0. The zero-order valence-electron chi connectivity index (χ0n) is 6.36. The fourth-order valence-corrected chi connectivity index (χ4v) is 1.68. The number of aliphatic hydroxyl groups excluding tert-OH is 1. The van der Waals surface area contributed by atoms with Crippen LogP contribution in [0.25, 0.3) is 0 Å². The van der Waals surface area contributed by atoms with Crippen LogP contribution in [0.4, 0.5) is 0 Å². The molecule has 2 aliphatic rings. The fourth-order valence-electron chi connectivity index (χ4n) is 1.68. The van der Waals surface area contributed by atoms with Crippen LogP contribution in [-0.4, -0.2) is 37.0 Å². The molecular formula is C8H13NO2. The van der Waals surface area contributed by atoms with Gasteiger partial charge in [-0.15, -0.1) is 0 Å². The minimum Gasteiger partial charge on any atom is -0.390 e. The lowest BCUT2D eigenvalue weighted by atomic mass is 9.98. The van der Waals surface area contributed by atoms with Gasteiger partial charge < -0.3 is 15.2 Å². The van der Waals surface area contributed by atoms with Gasteiger partial charge in [-0.25, -0.2) is 0 Å². The highest BCUT2D eigenvalue weighted by Crippen LogP contribution is 2.19. The van der Waals surface area contributed by atoms with Gasteiger partial charge in [-0.2, -0.15) is 0 Å². The molecule has 0 radical (unpaired) electrons. The van der Waals surface area contributed by atoms with Crippen molar-refractivity contribution in [1.29, 1.82) is 0 Å². The Bertz CT molecular complexity index is 169. The van der Waals surface area contributed by atoms with E-state index in [2.05, 4.69) is 17.5 Å². The monoisotopic (exact) mass is 155 g/mol. The van der Waals surface area contributed by atoms with E-state index in [1.54, 1.807) is 0 Å². The van der Waals surface area contributed by atoms with Gasteiger partial charge in [0.2, 0.25) is 0 Å². The molecule has 0 aromatic carbocycles. The third-order valence-corrected chi connectivity index (χ3v) is 2.37. The largest absolute Gasteiger partial charge is 0.390 e. The summed E-state index contributed by atoms with van der Waals surface area (Å²) in [6.07, 6.45) is 3.92. The van der Waals surface area contributed by atoms with E-state index in [4.69, 9.17) is 4.74 Å². The van der Waals surface area contributed by atoms with Gasteiger partial charge in [0.25, 0.3) is 0 Å². The summed E-state index contributed by atoms with van der Waals surface area (Å²) in [5, 5.41) is 12.7. The first-order chi connectivity index (χ1) is 5.38. The molecule has 3 nitrogen and oxygen atoms in total. The minimum absolute atomic E-state index is 0.258. The SMILES string of the molecule is OC1COCC1C1C=CCN1. The van der Waals surface area contributed by atoms with E-state index in [1.807, 2.05) is 0 Å². The second kappa shape index (κ2) is 2.93. The normalized spacial score (nSPS) is 43.5. The van der Waals surface area contributed by atoms with Gasteiger partial charge in [0.15, 0.2) is 0 Å². The zero-order chi connectivity index (χ0) is 7.68. The molecular weight excluding hydrogens is 142 g/mol. The Morgan fingerprint density at radius 2 is 2.36 bits per heavy atom. The second-order valence-electron chi connectivity index (χ2n) is 3.13. The van der Waals surface area contributed by atoms with Crippen LogP contribution < -0.4 is 5.32 Å². The molecule has 2 N–H and O–H groups in total. The lowest BCUT2D eigenvalue weighted by Crippen LogP contribution is -2.37. The molecule has 2 heterocycles. The third-order valence-electron chi connectivity index (χ3n) is 2.37. The molecule has 2 aliphatic heterocycles. The van der Waals surface area contributed by atoms with Gasteiger partial charge in [-0.3, -0.25) is 0 Å². The highest BCUT2D eigenvalue weighted by molar-refractivity contribution is 5.06.